The molecule has 0 aromatic carbocycles. The summed E-state index contributed by atoms with van der Waals surface area (Å²) in [5.41, 5.74) is 0. The second-order valence-corrected chi connectivity index (χ2v) is 3.59. The molecule has 2 aliphatic rings. The van der Waals surface area contributed by atoms with Gasteiger partial charge in [0.05, 0.1) is 6.54 Å². The van der Waals surface area contributed by atoms with Crippen LogP contribution in [0.3, 0.4) is 0 Å². The Labute approximate surface area is 77.1 Å². The number of ether oxygens (including phenoxy) is 1. The molecule has 0 radical (unpaired) electrons. The lowest BCUT2D eigenvalue weighted by Crippen LogP contribution is -2.34. The molecule has 13 heavy (non-hydrogen) atoms. The van der Waals surface area contributed by atoms with Gasteiger partial charge in [0.2, 0.25) is 6.10 Å². The highest BCUT2D eigenvalue weighted by Crippen LogP contribution is 2.26. The Morgan fingerprint density at radius 1 is 1.46 bits per heavy atom. The van der Waals surface area contributed by atoms with Crippen LogP contribution < -0.4 is 0 Å². The first-order valence-electron chi connectivity index (χ1n) is 4.68. The van der Waals surface area contributed by atoms with E-state index >= 15 is 0 Å². The summed E-state index contributed by atoms with van der Waals surface area (Å²) in [6.45, 7) is 0.458. The van der Waals surface area contributed by atoms with Crippen molar-refractivity contribution < 1.29 is 9.53 Å². The van der Waals surface area contributed by atoms with Gasteiger partial charge in [0.1, 0.15) is 6.07 Å². The van der Waals surface area contributed by atoms with Crippen LogP contribution in [0.5, 0.6) is 0 Å². The fourth-order valence-corrected chi connectivity index (χ4v) is 2.06. The smallest absolute Gasteiger partial charge is 0.411 e. The summed E-state index contributed by atoms with van der Waals surface area (Å²) in [6, 6.07) is 2.29. The molecule has 70 valence electrons. The van der Waals surface area contributed by atoms with E-state index in [0.29, 0.717) is 12.6 Å². The minimum atomic E-state index is -0.548. The first-order valence-corrected chi connectivity index (χ1v) is 4.68. The summed E-state index contributed by atoms with van der Waals surface area (Å²) in [6.07, 6.45) is 3.64. The number of nitrogens with zero attached hydrogens (tertiary/aromatic N) is 2. The predicted molar refractivity (Wildman–Crippen MR) is 44.8 cm³/mol. The van der Waals surface area contributed by atoms with Gasteiger partial charge in [0.25, 0.3) is 0 Å². The van der Waals surface area contributed by atoms with Crippen LogP contribution in [0.15, 0.2) is 0 Å². The standard InChI is InChI=1S/C9H12N2O2/c10-5-8-6-11(9(12)13-8)7-3-1-2-4-7/h7-8H,1-4,6H2. The lowest BCUT2D eigenvalue weighted by Gasteiger charge is -2.19. The van der Waals surface area contributed by atoms with E-state index in [1.54, 1.807) is 4.90 Å². The number of amides is 1. The van der Waals surface area contributed by atoms with Gasteiger partial charge in [-0.1, -0.05) is 12.8 Å². The molecule has 0 bridgehead atoms. The van der Waals surface area contributed by atoms with Crippen molar-refractivity contribution in [2.75, 3.05) is 6.54 Å². The maximum Gasteiger partial charge on any atom is 0.411 e. The van der Waals surface area contributed by atoms with Crippen LogP contribution in [0.4, 0.5) is 4.79 Å². The van der Waals surface area contributed by atoms with E-state index in [4.69, 9.17) is 10.00 Å². The van der Waals surface area contributed by atoms with E-state index in [0.717, 1.165) is 12.8 Å². The molecule has 1 aliphatic carbocycles. The van der Waals surface area contributed by atoms with E-state index < -0.39 is 6.10 Å². The topological polar surface area (TPSA) is 53.3 Å². The van der Waals surface area contributed by atoms with Crippen LogP contribution in [-0.2, 0) is 4.74 Å². The van der Waals surface area contributed by atoms with Gasteiger partial charge in [-0.3, -0.25) is 0 Å². The van der Waals surface area contributed by atoms with Crippen molar-refractivity contribution in [3.05, 3.63) is 0 Å². The monoisotopic (exact) mass is 180 g/mol. The highest BCUT2D eigenvalue weighted by atomic mass is 16.6. The fraction of sp³-hybridized carbons (Fsp3) is 0.778. The Hall–Kier alpha value is -1.24. The predicted octanol–water partition coefficient (Wildman–Crippen LogP) is 1.27. The molecule has 4 heteroatoms. The maximum absolute atomic E-state index is 11.3. The molecule has 1 saturated heterocycles. The van der Waals surface area contributed by atoms with Gasteiger partial charge in [-0.25, -0.2) is 4.79 Å². The molecule has 2 fully saturated rings. The summed E-state index contributed by atoms with van der Waals surface area (Å²) >= 11 is 0. The molecule has 0 N–H and O–H groups in total. The third kappa shape index (κ3) is 1.46. The van der Waals surface area contributed by atoms with Gasteiger partial charge in [-0.2, -0.15) is 5.26 Å². The maximum atomic E-state index is 11.3. The molecule has 1 amide bonds. The Morgan fingerprint density at radius 3 is 2.69 bits per heavy atom. The number of carbonyl (C=O) groups excluding carboxylic acids is 1. The van der Waals surface area contributed by atoms with Crippen molar-refractivity contribution in [3.63, 3.8) is 0 Å². The second kappa shape index (κ2) is 3.25. The minimum Gasteiger partial charge on any atom is -0.429 e. The van der Waals surface area contributed by atoms with E-state index in [9.17, 15) is 4.79 Å². The van der Waals surface area contributed by atoms with Gasteiger partial charge in [-0.05, 0) is 12.8 Å². The van der Waals surface area contributed by atoms with Crippen molar-refractivity contribution in [1.82, 2.24) is 4.90 Å². The molecular formula is C9H12N2O2. The van der Waals surface area contributed by atoms with Gasteiger partial charge < -0.3 is 9.64 Å². The average Bonchev–Trinajstić information content (AvgIpc) is 2.72. The highest BCUT2D eigenvalue weighted by Gasteiger charge is 2.36. The molecule has 1 unspecified atom stereocenters. The molecule has 1 atom stereocenters. The van der Waals surface area contributed by atoms with Crippen LogP contribution in [0.2, 0.25) is 0 Å². The number of cyclic esters (lactones) is 1. The van der Waals surface area contributed by atoms with Gasteiger partial charge in [0, 0.05) is 6.04 Å². The van der Waals surface area contributed by atoms with E-state index in [-0.39, 0.29) is 6.09 Å². The number of nitriles is 1. The largest absolute Gasteiger partial charge is 0.429 e. The summed E-state index contributed by atoms with van der Waals surface area (Å²) in [5.74, 6) is 0. The molecule has 4 nitrogen and oxygen atoms in total. The molecule has 1 saturated carbocycles. The minimum absolute atomic E-state index is 0.307. The van der Waals surface area contributed by atoms with Crippen LogP contribution in [-0.4, -0.2) is 29.7 Å². The Kier molecular flexibility index (Phi) is 2.09. The van der Waals surface area contributed by atoms with Crippen molar-refractivity contribution in [2.24, 2.45) is 0 Å². The van der Waals surface area contributed by atoms with E-state index in [1.807, 2.05) is 6.07 Å². The van der Waals surface area contributed by atoms with Gasteiger partial charge >= 0.3 is 6.09 Å². The van der Waals surface area contributed by atoms with Crippen molar-refractivity contribution in [1.29, 1.82) is 5.26 Å². The fourth-order valence-electron chi connectivity index (χ4n) is 2.06. The molecule has 0 aromatic heterocycles. The number of hydrogen-bond acceptors (Lipinski definition) is 3. The quantitative estimate of drug-likeness (QED) is 0.610. The molecule has 1 heterocycles. The average molecular weight is 180 g/mol. The summed E-state index contributed by atoms with van der Waals surface area (Å²) in [7, 11) is 0. The van der Waals surface area contributed by atoms with Crippen molar-refractivity contribution >= 4 is 6.09 Å². The van der Waals surface area contributed by atoms with Crippen LogP contribution in [0.25, 0.3) is 0 Å². The normalized spacial score (nSPS) is 29.0. The lowest BCUT2D eigenvalue weighted by atomic mass is 10.2. The third-order valence-corrected chi connectivity index (χ3v) is 2.75. The number of carbonyl (C=O) groups is 1. The molecule has 1 aliphatic heterocycles. The summed E-state index contributed by atoms with van der Waals surface area (Å²) < 4.78 is 4.86. The molecule has 2 rings (SSSR count). The SMILES string of the molecule is N#CC1CN(C2CCCC2)C(=O)O1. The molecule has 0 aromatic rings. The zero-order valence-corrected chi connectivity index (χ0v) is 7.40. The van der Waals surface area contributed by atoms with E-state index in [2.05, 4.69) is 0 Å². The summed E-state index contributed by atoms with van der Waals surface area (Å²) in [5, 5.41) is 8.59. The Balaban J connectivity index is 2.00. The Morgan fingerprint density at radius 2 is 2.15 bits per heavy atom. The molecular weight excluding hydrogens is 168 g/mol. The van der Waals surface area contributed by atoms with Crippen LogP contribution in [0.1, 0.15) is 25.7 Å². The zero-order chi connectivity index (χ0) is 9.26. The zero-order valence-electron chi connectivity index (χ0n) is 7.40. The lowest BCUT2D eigenvalue weighted by molar-refractivity contribution is 0.139. The van der Waals surface area contributed by atoms with Crippen molar-refractivity contribution in [2.45, 2.75) is 37.8 Å². The number of hydrogen-bond donors (Lipinski definition) is 0. The summed E-state index contributed by atoms with van der Waals surface area (Å²) in [4.78, 5) is 13.0. The highest BCUT2D eigenvalue weighted by molar-refractivity contribution is 5.70. The van der Waals surface area contributed by atoms with Gasteiger partial charge in [-0.15, -0.1) is 0 Å². The molecule has 0 spiro atoms. The number of rotatable bonds is 1. The van der Waals surface area contributed by atoms with Crippen LogP contribution >= 0.6 is 0 Å². The Bertz CT molecular complexity index is 253. The first-order chi connectivity index (χ1) is 6.31. The second-order valence-electron chi connectivity index (χ2n) is 3.59. The van der Waals surface area contributed by atoms with Crippen LogP contribution in [0, 0.1) is 11.3 Å². The van der Waals surface area contributed by atoms with E-state index in [1.165, 1.54) is 12.8 Å². The third-order valence-electron chi connectivity index (χ3n) is 2.75. The first kappa shape index (κ1) is 8.36. The van der Waals surface area contributed by atoms with Crippen molar-refractivity contribution in [3.8, 4) is 6.07 Å². The van der Waals surface area contributed by atoms with Gasteiger partial charge in [0.15, 0.2) is 0 Å².